The lowest BCUT2D eigenvalue weighted by Gasteiger charge is -2.02. The summed E-state index contributed by atoms with van der Waals surface area (Å²) >= 11 is 0. The number of nitrogens with one attached hydrogen (secondary N) is 1. The molecule has 0 atom stereocenters. The fraction of sp³-hybridized carbons (Fsp3) is 0.667. The lowest BCUT2D eigenvalue weighted by atomic mass is 10.1. The third kappa shape index (κ3) is 10.8. The molecule has 0 aliphatic heterocycles. The van der Waals surface area contributed by atoms with Crippen LogP contribution in [0.5, 0.6) is 0 Å². The van der Waals surface area contributed by atoms with E-state index in [0.717, 1.165) is 18.9 Å². The van der Waals surface area contributed by atoms with Gasteiger partial charge in [-0.1, -0.05) is 39.0 Å². The molecule has 0 rings (SSSR count). The van der Waals surface area contributed by atoms with Crippen LogP contribution < -0.4 is 11.1 Å². The Kier molecular flexibility index (Phi) is 9.36. The number of amides is 2. The van der Waals surface area contributed by atoms with Gasteiger partial charge in [-0.25, -0.2) is 0 Å². The van der Waals surface area contributed by atoms with Gasteiger partial charge in [0.15, 0.2) is 0 Å². The van der Waals surface area contributed by atoms with Crippen LogP contribution in [0.15, 0.2) is 12.2 Å². The molecule has 0 aromatic heterocycles. The molecule has 3 N–H and O–H groups in total. The highest BCUT2D eigenvalue weighted by Crippen LogP contribution is 2.03. The van der Waals surface area contributed by atoms with Gasteiger partial charge in [-0.3, -0.25) is 9.59 Å². The Morgan fingerprint density at radius 1 is 1.06 bits per heavy atom. The van der Waals surface area contributed by atoms with Crippen molar-refractivity contribution in [1.82, 2.24) is 5.32 Å². The average Bonchev–Trinajstić information content (AvgIpc) is 2.25. The Bertz CT molecular complexity index is 237. The molecule has 0 heterocycles. The number of nitrogens with two attached hydrogens (primary N) is 1. The van der Waals surface area contributed by atoms with Crippen LogP contribution in [0, 0.1) is 0 Å². The predicted molar refractivity (Wildman–Crippen MR) is 64.7 cm³/mol. The van der Waals surface area contributed by atoms with E-state index >= 15 is 0 Å². The highest BCUT2D eigenvalue weighted by atomic mass is 16.2. The first-order valence-electron chi connectivity index (χ1n) is 5.92. The second kappa shape index (κ2) is 10.2. The largest absolute Gasteiger partial charge is 0.366 e. The third-order valence-corrected chi connectivity index (χ3v) is 2.23. The summed E-state index contributed by atoms with van der Waals surface area (Å²) in [6.45, 7) is 2.85. The van der Waals surface area contributed by atoms with Crippen molar-refractivity contribution < 1.29 is 9.59 Å². The molecule has 0 saturated carbocycles. The molecule has 0 bridgehead atoms. The van der Waals surface area contributed by atoms with Crippen molar-refractivity contribution in [2.75, 3.05) is 6.54 Å². The van der Waals surface area contributed by atoms with Crippen LogP contribution in [0.25, 0.3) is 0 Å². The molecule has 92 valence electrons. The van der Waals surface area contributed by atoms with E-state index in [2.05, 4.69) is 12.2 Å². The van der Waals surface area contributed by atoms with E-state index in [9.17, 15) is 9.59 Å². The van der Waals surface area contributed by atoms with Gasteiger partial charge in [0, 0.05) is 18.7 Å². The minimum atomic E-state index is -0.602. The molecule has 0 saturated heterocycles. The van der Waals surface area contributed by atoms with Gasteiger partial charge >= 0.3 is 0 Å². The van der Waals surface area contributed by atoms with Gasteiger partial charge in [-0.2, -0.15) is 0 Å². The molecule has 0 aromatic carbocycles. The second-order valence-electron chi connectivity index (χ2n) is 3.79. The highest BCUT2D eigenvalue weighted by molar-refractivity contribution is 5.95. The summed E-state index contributed by atoms with van der Waals surface area (Å²) in [5.41, 5.74) is 4.86. The maximum atomic E-state index is 11.1. The van der Waals surface area contributed by atoms with E-state index in [1.165, 1.54) is 31.8 Å². The van der Waals surface area contributed by atoms with Crippen molar-refractivity contribution in [1.29, 1.82) is 0 Å². The zero-order chi connectivity index (χ0) is 12.2. The number of unbranched alkanes of at least 4 members (excludes halogenated alkanes) is 5. The lowest BCUT2D eigenvalue weighted by Crippen LogP contribution is -2.22. The van der Waals surface area contributed by atoms with Gasteiger partial charge in [0.25, 0.3) is 0 Å². The van der Waals surface area contributed by atoms with Crippen molar-refractivity contribution in [3.8, 4) is 0 Å². The van der Waals surface area contributed by atoms with Crippen LogP contribution in [0.1, 0.15) is 45.4 Å². The van der Waals surface area contributed by atoms with E-state index in [0.29, 0.717) is 6.54 Å². The van der Waals surface area contributed by atoms with Gasteiger partial charge in [0.2, 0.25) is 11.8 Å². The van der Waals surface area contributed by atoms with Crippen molar-refractivity contribution in [2.24, 2.45) is 5.73 Å². The second-order valence-corrected chi connectivity index (χ2v) is 3.79. The standard InChI is InChI=1S/C12H22N2O2/c1-2-3-4-5-6-7-10-14-12(16)9-8-11(13)15/h8-9H,2-7,10H2,1H3,(H2,13,15)(H,14,16)/b9-8-. The SMILES string of the molecule is CCCCCCCCNC(=O)/C=C\C(N)=O. The Morgan fingerprint density at radius 2 is 1.69 bits per heavy atom. The van der Waals surface area contributed by atoms with Gasteiger partial charge in [0.05, 0.1) is 0 Å². The van der Waals surface area contributed by atoms with Gasteiger partial charge < -0.3 is 11.1 Å². The maximum Gasteiger partial charge on any atom is 0.244 e. The number of hydrogen-bond acceptors (Lipinski definition) is 2. The quantitative estimate of drug-likeness (QED) is 0.462. The molecule has 0 spiro atoms. The average molecular weight is 226 g/mol. The maximum absolute atomic E-state index is 11.1. The fourth-order valence-corrected chi connectivity index (χ4v) is 1.33. The monoisotopic (exact) mass is 226 g/mol. The molecular formula is C12H22N2O2. The van der Waals surface area contributed by atoms with Crippen molar-refractivity contribution >= 4 is 11.8 Å². The number of carbonyl (C=O) groups excluding carboxylic acids is 2. The fourth-order valence-electron chi connectivity index (χ4n) is 1.33. The summed E-state index contributed by atoms with van der Waals surface area (Å²) in [6.07, 6.45) is 9.38. The molecular weight excluding hydrogens is 204 g/mol. The summed E-state index contributed by atoms with van der Waals surface area (Å²) in [4.78, 5) is 21.4. The topological polar surface area (TPSA) is 72.2 Å². The lowest BCUT2D eigenvalue weighted by molar-refractivity contribution is -0.117. The van der Waals surface area contributed by atoms with E-state index < -0.39 is 5.91 Å². The number of primary amides is 1. The first-order valence-corrected chi connectivity index (χ1v) is 5.92. The zero-order valence-corrected chi connectivity index (χ0v) is 10.00. The Hall–Kier alpha value is -1.32. The smallest absolute Gasteiger partial charge is 0.244 e. The molecule has 16 heavy (non-hydrogen) atoms. The summed E-state index contributed by atoms with van der Waals surface area (Å²) in [5.74, 6) is -0.859. The summed E-state index contributed by atoms with van der Waals surface area (Å²) in [6, 6.07) is 0. The first-order chi connectivity index (χ1) is 7.66. The summed E-state index contributed by atoms with van der Waals surface area (Å²) < 4.78 is 0. The van der Waals surface area contributed by atoms with Crippen LogP contribution in [0.4, 0.5) is 0 Å². The minimum absolute atomic E-state index is 0.257. The van der Waals surface area contributed by atoms with Gasteiger partial charge in [0.1, 0.15) is 0 Å². The normalized spacial score (nSPS) is 10.6. The van der Waals surface area contributed by atoms with Crippen LogP contribution in [-0.4, -0.2) is 18.4 Å². The van der Waals surface area contributed by atoms with E-state index in [1.807, 2.05) is 0 Å². The van der Waals surface area contributed by atoms with E-state index in [-0.39, 0.29) is 5.91 Å². The third-order valence-electron chi connectivity index (χ3n) is 2.23. The van der Waals surface area contributed by atoms with Crippen molar-refractivity contribution in [3.05, 3.63) is 12.2 Å². The van der Waals surface area contributed by atoms with Crippen molar-refractivity contribution in [2.45, 2.75) is 45.4 Å². The van der Waals surface area contributed by atoms with Crippen LogP contribution in [-0.2, 0) is 9.59 Å². The molecule has 0 radical (unpaired) electrons. The number of carbonyl (C=O) groups is 2. The molecule has 4 heteroatoms. The molecule has 0 aliphatic rings. The van der Waals surface area contributed by atoms with Crippen molar-refractivity contribution in [3.63, 3.8) is 0 Å². The molecule has 4 nitrogen and oxygen atoms in total. The van der Waals surface area contributed by atoms with Gasteiger partial charge in [-0.15, -0.1) is 0 Å². The molecule has 0 aromatic rings. The molecule has 0 aliphatic carbocycles. The first kappa shape index (κ1) is 14.7. The van der Waals surface area contributed by atoms with E-state index in [4.69, 9.17) is 5.73 Å². The predicted octanol–water partition coefficient (Wildman–Crippen LogP) is 1.50. The zero-order valence-electron chi connectivity index (χ0n) is 10.00. The Labute approximate surface area is 97.3 Å². The Morgan fingerprint density at radius 3 is 2.31 bits per heavy atom. The van der Waals surface area contributed by atoms with Crippen LogP contribution >= 0.6 is 0 Å². The number of rotatable bonds is 9. The summed E-state index contributed by atoms with van der Waals surface area (Å²) in [5, 5.41) is 2.70. The molecule has 0 unspecified atom stereocenters. The summed E-state index contributed by atoms with van der Waals surface area (Å²) in [7, 11) is 0. The highest BCUT2D eigenvalue weighted by Gasteiger charge is 1.95. The van der Waals surface area contributed by atoms with Crippen LogP contribution in [0.2, 0.25) is 0 Å². The van der Waals surface area contributed by atoms with Gasteiger partial charge in [-0.05, 0) is 6.42 Å². The van der Waals surface area contributed by atoms with Crippen LogP contribution in [0.3, 0.4) is 0 Å². The van der Waals surface area contributed by atoms with E-state index in [1.54, 1.807) is 0 Å². The minimum Gasteiger partial charge on any atom is -0.366 e. The number of hydrogen-bond donors (Lipinski definition) is 2. The molecule has 2 amide bonds. The molecule has 0 fully saturated rings. The Balaban J connectivity index is 3.31.